The Morgan fingerprint density at radius 1 is 1.30 bits per heavy atom. The maximum absolute atomic E-state index is 11.7. The highest BCUT2D eigenvalue weighted by Crippen LogP contribution is 2.21. The highest BCUT2D eigenvalue weighted by atomic mass is 79.9. The van der Waals surface area contributed by atoms with E-state index in [0.29, 0.717) is 12.2 Å². The minimum atomic E-state index is -0.264. The average Bonchev–Trinajstić information content (AvgIpc) is 2.43. The van der Waals surface area contributed by atoms with Crippen LogP contribution in [0, 0.1) is 0 Å². The molecule has 0 unspecified atom stereocenters. The van der Waals surface area contributed by atoms with E-state index in [4.69, 9.17) is 4.74 Å². The van der Waals surface area contributed by atoms with E-state index in [1.54, 1.807) is 0 Å². The number of piperazine rings is 1. The normalized spacial score (nSPS) is 17.1. The lowest BCUT2D eigenvalue weighted by Crippen LogP contribution is -2.43. The van der Waals surface area contributed by atoms with Gasteiger partial charge >= 0.3 is 5.97 Å². The molecule has 110 valence electrons. The fraction of sp³-hybridized carbons (Fsp3) is 0.533. The lowest BCUT2D eigenvalue weighted by molar-refractivity contribution is 0.0526. The molecule has 2 rings (SSSR count). The van der Waals surface area contributed by atoms with E-state index >= 15 is 0 Å². The molecule has 1 heterocycles. The van der Waals surface area contributed by atoms with E-state index in [9.17, 15) is 4.79 Å². The number of esters is 1. The van der Waals surface area contributed by atoms with Crippen LogP contribution in [0.2, 0.25) is 0 Å². The molecule has 1 aromatic rings. The maximum Gasteiger partial charge on any atom is 0.338 e. The number of ether oxygens (including phenoxy) is 1. The van der Waals surface area contributed by atoms with Crippen LogP contribution in [-0.4, -0.2) is 55.6 Å². The minimum Gasteiger partial charge on any atom is -0.462 e. The molecular formula is C15H21BrN2O2. The molecule has 0 aliphatic carbocycles. The summed E-state index contributed by atoms with van der Waals surface area (Å²) in [7, 11) is 2.15. The van der Waals surface area contributed by atoms with Crippen molar-refractivity contribution < 1.29 is 9.53 Å². The van der Waals surface area contributed by atoms with Gasteiger partial charge in [0.25, 0.3) is 0 Å². The number of benzene rings is 1. The third-order valence-corrected chi connectivity index (χ3v) is 4.29. The third-order valence-electron chi connectivity index (χ3n) is 3.55. The number of nitrogens with zero attached hydrogens (tertiary/aromatic N) is 2. The first kappa shape index (κ1) is 15.5. The topological polar surface area (TPSA) is 32.8 Å². The van der Waals surface area contributed by atoms with Crippen molar-refractivity contribution >= 4 is 21.9 Å². The van der Waals surface area contributed by atoms with Crippen molar-refractivity contribution in [2.75, 3.05) is 39.8 Å². The number of carbonyl (C=O) groups excluding carboxylic acids is 1. The summed E-state index contributed by atoms with van der Waals surface area (Å²) in [5, 5.41) is 0. The largest absolute Gasteiger partial charge is 0.462 e. The maximum atomic E-state index is 11.7. The molecule has 0 N–H and O–H groups in total. The van der Waals surface area contributed by atoms with E-state index in [1.807, 2.05) is 25.1 Å². The van der Waals surface area contributed by atoms with Gasteiger partial charge in [0, 0.05) is 37.2 Å². The molecule has 20 heavy (non-hydrogen) atoms. The first-order valence-corrected chi connectivity index (χ1v) is 7.76. The standard InChI is InChI=1S/C15H21BrN2O2/c1-3-20-15(19)12-4-5-13(14(16)10-12)11-18-8-6-17(2)7-9-18/h4-5,10H,3,6-9,11H2,1-2H3. The minimum absolute atomic E-state index is 0.264. The highest BCUT2D eigenvalue weighted by molar-refractivity contribution is 9.10. The summed E-state index contributed by atoms with van der Waals surface area (Å²) in [5.41, 5.74) is 1.81. The zero-order valence-corrected chi connectivity index (χ0v) is 13.6. The zero-order valence-electron chi connectivity index (χ0n) is 12.1. The summed E-state index contributed by atoms with van der Waals surface area (Å²) in [4.78, 5) is 16.5. The Bertz CT molecular complexity index is 471. The fourth-order valence-electron chi connectivity index (χ4n) is 2.26. The second-order valence-corrected chi connectivity index (χ2v) is 5.96. The van der Waals surface area contributed by atoms with Crippen LogP contribution >= 0.6 is 15.9 Å². The van der Waals surface area contributed by atoms with Gasteiger partial charge in [0.1, 0.15) is 0 Å². The number of carbonyl (C=O) groups is 1. The number of hydrogen-bond acceptors (Lipinski definition) is 4. The summed E-state index contributed by atoms with van der Waals surface area (Å²) in [6.45, 7) is 7.52. The van der Waals surface area contributed by atoms with Crippen LogP contribution < -0.4 is 0 Å². The van der Waals surface area contributed by atoms with Crippen LogP contribution in [-0.2, 0) is 11.3 Å². The summed E-state index contributed by atoms with van der Waals surface area (Å²) in [5.74, 6) is -0.264. The van der Waals surface area contributed by atoms with Gasteiger partial charge < -0.3 is 9.64 Å². The molecule has 1 aliphatic heterocycles. The van der Waals surface area contributed by atoms with E-state index < -0.39 is 0 Å². The predicted molar refractivity (Wildman–Crippen MR) is 82.9 cm³/mol. The zero-order chi connectivity index (χ0) is 14.5. The molecule has 1 fully saturated rings. The SMILES string of the molecule is CCOC(=O)c1ccc(CN2CCN(C)CC2)c(Br)c1. The van der Waals surface area contributed by atoms with Gasteiger partial charge in [0.2, 0.25) is 0 Å². The number of hydrogen-bond donors (Lipinski definition) is 0. The van der Waals surface area contributed by atoms with Crippen molar-refractivity contribution in [3.8, 4) is 0 Å². The van der Waals surface area contributed by atoms with E-state index in [1.165, 1.54) is 5.56 Å². The van der Waals surface area contributed by atoms with Crippen LogP contribution in [0.3, 0.4) is 0 Å². The van der Waals surface area contributed by atoms with Crippen LogP contribution in [0.4, 0.5) is 0 Å². The molecule has 1 aliphatic rings. The first-order chi connectivity index (χ1) is 9.60. The van der Waals surface area contributed by atoms with Gasteiger partial charge in [-0.3, -0.25) is 4.90 Å². The highest BCUT2D eigenvalue weighted by Gasteiger charge is 2.16. The van der Waals surface area contributed by atoms with Crippen molar-refractivity contribution in [2.45, 2.75) is 13.5 Å². The summed E-state index contributed by atoms with van der Waals surface area (Å²) in [6.07, 6.45) is 0. The van der Waals surface area contributed by atoms with Crippen molar-refractivity contribution in [1.82, 2.24) is 9.80 Å². The predicted octanol–water partition coefficient (Wildman–Crippen LogP) is 2.37. The number of rotatable bonds is 4. The Labute approximate surface area is 128 Å². The van der Waals surface area contributed by atoms with Gasteiger partial charge in [-0.05, 0) is 31.7 Å². The van der Waals surface area contributed by atoms with Crippen LogP contribution in [0.25, 0.3) is 0 Å². The molecule has 0 radical (unpaired) electrons. The Morgan fingerprint density at radius 3 is 2.60 bits per heavy atom. The Hall–Kier alpha value is -0.910. The molecule has 0 bridgehead atoms. The van der Waals surface area contributed by atoms with Crippen LogP contribution in [0.1, 0.15) is 22.8 Å². The molecule has 5 heteroatoms. The van der Waals surface area contributed by atoms with Gasteiger partial charge in [-0.1, -0.05) is 22.0 Å². The number of likely N-dealkylation sites (N-methyl/N-ethyl adjacent to an activating group) is 1. The second-order valence-electron chi connectivity index (χ2n) is 5.11. The molecule has 0 saturated carbocycles. The second kappa shape index (κ2) is 7.20. The van der Waals surface area contributed by atoms with Crippen LogP contribution in [0.5, 0.6) is 0 Å². The van der Waals surface area contributed by atoms with Gasteiger partial charge in [-0.25, -0.2) is 4.79 Å². The van der Waals surface area contributed by atoms with Crippen LogP contribution in [0.15, 0.2) is 22.7 Å². The van der Waals surface area contributed by atoms with Crippen molar-refractivity contribution in [2.24, 2.45) is 0 Å². The third kappa shape index (κ3) is 4.04. The molecular weight excluding hydrogens is 320 g/mol. The van der Waals surface area contributed by atoms with Crippen molar-refractivity contribution in [3.63, 3.8) is 0 Å². The molecule has 0 atom stereocenters. The number of halogens is 1. The summed E-state index contributed by atoms with van der Waals surface area (Å²) < 4.78 is 5.98. The molecule has 0 amide bonds. The smallest absolute Gasteiger partial charge is 0.338 e. The Morgan fingerprint density at radius 2 is 2.00 bits per heavy atom. The molecule has 1 aromatic carbocycles. The quantitative estimate of drug-likeness (QED) is 0.788. The lowest BCUT2D eigenvalue weighted by atomic mass is 10.1. The molecule has 0 aromatic heterocycles. The van der Waals surface area contributed by atoms with E-state index in [2.05, 4.69) is 32.8 Å². The lowest BCUT2D eigenvalue weighted by Gasteiger charge is -2.32. The van der Waals surface area contributed by atoms with Gasteiger partial charge in [0.15, 0.2) is 0 Å². The van der Waals surface area contributed by atoms with Crippen molar-refractivity contribution in [1.29, 1.82) is 0 Å². The van der Waals surface area contributed by atoms with Gasteiger partial charge in [-0.15, -0.1) is 0 Å². The Balaban J connectivity index is 2.00. The van der Waals surface area contributed by atoms with E-state index in [-0.39, 0.29) is 5.97 Å². The van der Waals surface area contributed by atoms with Gasteiger partial charge in [-0.2, -0.15) is 0 Å². The van der Waals surface area contributed by atoms with Crippen molar-refractivity contribution in [3.05, 3.63) is 33.8 Å². The van der Waals surface area contributed by atoms with Gasteiger partial charge in [0.05, 0.1) is 12.2 Å². The molecule has 1 saturated heterocycles. The Kier molecular flexibility index (Phi) is 5.57. The fourth-order valence-corrected chi connectivity index (χ4v) is 2.77. The first-order valence-electron chi connectivity index (χ1n) is 6.96. The molecule has 0 spiro atoms. The summed E-state index contributed by atoms with van der Waals surface area (Å²) >= 11 is 3.56. The van der Waals surface area contributed by atoms with E-state index in [0.717, 1.165) is 37.2 Å². The monoisotopic (exact) mass is 340 g/mol. The summed E-state index contributed by atoms with van der Waals surface area (Å²) in [6, 6.07) is 5.70. The average molecular weight is 341 g/mol. The molecule has 4 nitrogen and oxygen atoms in total.